The van der Waals surface area contributed by atoms with Crippen LogP contribution in [0.4, 0.5) is 0 Å². The van der Waals surface area contributed by atoms with E-state index in [1.165, 1.54) is 0 Å². The van der Waals surface area contributed by atoms with Crippen LogP contribution in [0.25, 0.3) is 0 Å². The van der Waals surface area contributed by atoms with Crippen LogP contribution in [0.15, 0.2) is 0 Å². The van der Waals surface area contributed by atoms with Gasteiger partial charge in [-0.3, -0.25) is 5.73 Å². The van der Waals surface area contributed by atoms with Crippen LogP contribution in [-0.2, 0) is 0 Å². The third-order valence-electron chi connectivity index (χ3n) is 1.37. The summed E-state index contributed by atoms with van der Waals surface area (Å²) in [6.07, 6.45) is 2.28. The summed E-state index contributed by atoms with van der Waals surface area (Å²) in [7, 11) is 0. The molecule has 1 aliphatic rings. The fraction of sp³-hybridized carbons (Fsp3) is 1.00. The van der Waals surface area contributed by atoms with Crippen LogP contribution in [0.2, 0.25) is 0 Å². The van der Waals surface area contributed by atoms with Crippen LogP contribution >= 0.6 is 0 Å². The lowest BCUT2D eigenvalue weighted by molar-refractivity contribution is 0.282. The Morgan fingerprint density at radius 2 is 2.00 bits per heavy atom. The number of nitrogens with one attached hydrogen (secondary N) is 1. The Bertz CT molecular complexity index is 39.9. The lowest BCUT2D eigenvalue weighted by atomic mass is 9.83. The van der Waals surface area contributed by atoms with Crippen molar-refractivity contribution in [1.82, 2.24) is 5.73 Å². The first-order valence-corrected chi connectivity index (χ1v) is 2.50. The van der Waals surface area contributed by atoms with E-state index in [0.29, 0.717) is 6.04 Å². The zero-order chi connectivity index (χ0) is 4.57. The van der Waals surface area contributed by atoms with Crippen molar-refractivity contribution in [3.8, 4) is 0 Å². The van der Waals surface area contributed by atoms with Crippen molar-refractivity contribution >= 4 is 0 Å². The van der Waals surface area contributed by atoms with Gasteiger partial charge in [0.15, 0.2) is 0 Å². The summed E-state index contributed by atoms with van der Waals surface area (Å²) in [5, 5.41) is 0. The second kappa shape index (κ2) is 1.23. The Kier molecular flexibility index (Phi) is 0.845. The fourth-order valence-electron chi connectivity index (χ4n) is 0.902. The molecule has 0 aromatic heterocycles. The predicted octanol–water partition coefficient (Wildman–Crippen LogP) is 1.07. The third-order valence-corrected chi connectivity index (χ3v) is 1.37. The maximum Gasteiger partial charge on any atom is 0.0218 e. The Hall–Kier alpha value is -0.0400. The molecule has 0 unspecified atom stereocenters. The molecule has 1 heteroatoms. The molecule has 0 amide bonds. The average Bonchev–Trinajstić information content (AvgIpc) is 1.33. The maximum atomic E-state index is 7.04. The van der Waals surface area contributed by atoms with Gasteiger partial charge in [0.25, 0.3) is 0 Å². The first-order chi connectivity index (χ1) is 2.79. The smallest absolute Gasteiger partial charge is 0.0218 e. The monoisotopic (exact) mass is 84.1 g/mol. The lowest BCUT2D eigenvalue weighted by Gasteiger charge is -2.27. The molecule has 1 nitrogen and oxygen atoms in total. The van der Waals surface area contributed by atoms with Crippen LogP contribution in [0.3, 0.4) is 0 Å². The molecule has 1 aliphatic carbocycles. The Morgan fingerprint density at radius 1 is 1.50 bits per heavy atom. The summed E-state index contributed by atoms with van der Waals surface area (Å²) in [6.45, 7) is 2.20. The minimum absolute atomic E-state index is 0.292. The molecule has 0 atom stereocenters. The van der Waals surface area contributed by atoms with Crippen LogP contribution in [0, 0.1) is 5.92 Å². The minimum Gasteiger partial charge on any atom is -0.254 e. The molecule has 1 fully saturated rings. The van der Waals surface area contributed by atoms with E-state index in [4.69, 9.17) is 5.73 Å². The summed E-state index contributed by atoms with van der Waals surface area (Å²) in [4.78, 5) is 0. The van der Waals surface area contributed by atoms with Gasteiger partial charge in [-0.25, -0.2) is 0 Å². The first-order valence-electron chi connectivity index (χ1n) is 2.50. The summed E-state index contributed by atoms with van der Waals surface area (Å²) < 4.78 is 0. The molecule has 0 heterocycles. The first kappa shape index (κ1) is 4.13. The van der Waals surface area contributed by atoms with Crippen LogP contribution in [-0.4, -0.2) is 6.04 Å². The highest BCUT2D eigenvalue weighted by atomic mass is 14.7. The summed E-state index contributed by atoms with van der Waals surface area (Å²) in [5.41, 5.74) is 7.04. The number of rotatable bonds is 0. The van der Waals surface area contributed by atoms with Gasteiger partial charge in [-0.05, 0) is 18.8 Å². The van der Waals surface area contributed by atoms with Gasteiger partial charge in [0, 0.05) is 6.04 Å². The fourth-order valence-corrected chi connectivity index (χ4v) is 0.902. The van der Waals surface area contributed by atoms with Gasteiger partial charge in [-0.1, -0.05) is 6.92 Å². The predicted molar refractivity (Wildman–Crippen MR) is 25.3 cm³/mol. The number of hydrogen-bond donors (Lipinski definition) is 0. The maximum absolute atomic E-state index is 7.04. The SMILES string of the molecule is CC1CC([NH])C1. The van der Waals surface area contributed by atoms with E-state index in [9.17, 15) is 0 Å². The van der Waals surface area contributed by atoms with Crippen molar-refractivity contribution in [1.29, 1.82) is 0 Å². The molecule has 0 spiro atoms. The highest BCUT2D eigenvalue weighted by Crippen LogP contribution is 2.24. The molecule has 0 aliphatic heterocycles. The molecular weight excluding hydrogens is 74.1 g/mol. The van der Waals surface area contributed by atoms with Gasteiger partial charge in [-0.15, -0.1) is 0 Å². The Morgan fingerprint density at radius 3 is 2.00 bits per heavy atom. The second-order valence-corrected chi connectivity index (χ2v) is 2.27. The highest BCUT2D eigenvalue weighted by molar-refractivity contribution is 4.77. The summed E-state index contributed by atoms with van der Waals surface area (Å²) >= 11 is 0. The van der Waals surface area contributed by atoms with E-state index < -0.39 is 0 Å². The van der Waals surface area contributed by atoms with Gasteiger partial charge in [0.2, 0.25) is 0 Å². The number of hydrogen-bond acceptors (Lipinski definition) is 0. The summed E-state index contributed by atoms with van der Waals surface area (Å²) in [6, 6.07) is 0.292. The van der Waals surface area contributed by atoms with Crippen molar-refractivity contribution in [3.63, 3.8) is 0 Å². The molecular formula is C5H10N. The van der Waals surface area contributed by atoms with Crippen molar-refractivity contribution in [2.75, 3.05) is 0 Å². The molecule has 1 N–H and O–H groups in total. The molecule has 6 heavy (non-hydrogen) atoms. The molecule has 0 aromatic rings. The van der Waals surface area contributed by atoms with Crippen molar-refractivity contribution in [2.24, 2.45) is 5.92 Å². The van der Waals surface area contributed by atoms with Gasteiger partial charge in [-0.2, -0.15) is 0 Å². The standard InChI is InChI=1S/C5H10N/c1-4-2-5(6)3-4/h4-6H,2-3H2,1H3. The van der Waals surface area contributed by atoms with E-state index in [-0.39, 0.29) is 0 Å². The van der Waals surface area contributed by atoms with Gasteiger partial charge >= 0.3 is 0 Å². The third kappa shape index (κ3) is 0.548. The molecule has 0 aromatic carbocycles. The van der Waals surface area contributed by atoms with Crippen LogP contribution in [0.5, 0.6) is 0 Å². The molecule has 0 bridgehead atoms. The second-order valence-electron chi connectivity index (χ2n) is 2.27. The highest BCUT2D eigenvalue weighted by Gasteiger charge is 2.21. The van der Waals surface area contributed by atoms with E-state index in [1.807, 2.05) is 0 Å². The Labute approximate surface area is 38.5 Å². The quantitative estimate of drug-likeness (QED) is 0.419. The topological polar surface area (TPSA) is 23.8 Å². The molecule has 1 saturated carbocycles. The minimum atomic E-state index is 0.292. The van der Waals surface area contributed by atoms with Crippen molar-refractivity contribution in [2.45, 2.75) is 25.8 Å². The van der Waals surface area contributed by atoms with Gasteiger partial charge < -0.3 is 0 Å². The largest absolute Gasteiger partial charge is 0.254 e. The van der Waals surface area contributed by atoms with E-state index in [2.05, 4.69) is 6.92 Å². The Balaban J connectivity index is 2.11. The lowest BCUT2D eigenvalue weighted by Crippen LogP contribution is -2.27. The van der Waals surface area contributed by atoms with Crippen LogP contribution < -0.4 is 5.73 Å². The van der Waals surface area contributed by atoms with E-state index in [1.54, 1.807) is 0 Å². The summed E-state index contributed by atoms with van der Waals surface area (Å²) in [5.74, 6) is 0.854. The zero-order valence-corrected chi connectivity index (χ0v) is 4.07. The van der Waals surface area contributed by atoms with Crippen molar-refractivity contribution < 1.29 is 0 Å². The zero-order valence-electron chi connectivity index (χ0n) is 4.07. The van der Waals surface area contributed by atoms with Crippen molar-refractivity contribution in [3.05, 3.63) is 0 Å². The van der Waals surface area contributed by atoms with Gasteiger partial charge in [0.05, 0.1) is 0 Å². The average molecular weight is 84.1 g/mol. The van der Waals surface area contributed by atoms with Crippen LogP contribution in [0.1, 0.15) is 19.8 Å². The van der Waals surface area contributed by atoms with E-state index >= 15 is 0 Å². The molecule has 35 valence electrons. The van der Waals surface area contributed by atoms with Gasteiger partial charge in [0.1, 0.15) is 0 Å². The molecule has 0 saturated heterocycles. The normalized spacial score (nSPS) is 45.0. The van der Waals surface area contributed by atoms with E-state index in [0.717, 1.165) is 18.8 Å². The molecule has 1 rings (SSSR count). The molecule has 1 radical (unpaired) electrons.